The van der Waals surface area contributed by atoms with Crippen LogP contribution in [0.2, 0.25) is 5.02 Å². The average Bonchev–Trinajstić information content (AvgIpc) is 2.33. The van der Waals surface area contributed by atoms with Gasteiger partial charge in [0.25, 0.3) is 0 Å². The zero-order valence-electron chi connectivity index (χ0n) is 8.75. The van der Waals surface area contributed by atoms with Crippen LogP contribution in [0.15, 0.2) is 48.7 Å². The van der Waals surface area contributed by atoms with E-state index in [1.807, 2.05) is 0 Å². The molecule has 1 aromatic carbocycles. The summed E-state index contributed by atoms with van der Waals surface area (Å²) in [6.07, 6.45) is 0.451. The highest BCUT2D eigenvalue weighted by atomic mass is 35.5. The predicted octanol–water partition coefficient (Wildman–Crippen LogP) is 3.55. The average molecular weight is 249 g/mol. The largest absolute Gasteiger partial charge is 0.464 e. The quantitative estimate of drug-likeness (QED) is 0.884. The van der Waals surface area contributed by atoms with E-state index in [9.17, 15) is 9.90 Å². The van der Waals surface area contributed by atoms with Crippen LogP contribution in [0.1, 0.15) is 0 Å². The normalized spacial score (nSPS) is 9.94. The van der Waals surface area contributed by atoms with Crippen LogP contribution in [0.4, 0.5) is 16.3 Å². The number of aromatic nitrogens is 1. The Bertz CT molecular complexity index is 514. The van der Waals surface area contributed by atoms with E-state index in [0.717, 1.165) is 4.90 Å². The first-order valence-electron chi connectivity index (χ1n) is 4.88. The molecule has 0 aliphatic rings. The third kappa shape index (κ3) is 2.54. The molecular formula is C12H9ClN2O2. The van der Waals surface area contributed by atoms with Crippen LogP contribution in [-0.4, -0.2) is 16.2 Å². The first-order valence-corrected chi connectivity index (χ1v) is 5.26. The Hall–Kier alpha value is -2.07. The molecule has 86 valence electrons. The summed E-state index contributed by atoms with van der Waals surface area (Å²) in [4.78, 5) is 16.3. The Labute approximate surface area is 103 Å². The predicted molar refractivity (Wildman–Crippen MR) is 65.9 cm³/mol. The van der Waals surface area contributed by atoms with Crippen LogP contribution in [0.3, 0.4) is 0 Å². The van der Waals surface area contributed by atoms with Crippen LogP contribution < -0.4 is 4.90 Å². The molecule has 0 spiro atoms. The number of benzene rings is 1. The minimum atomic E-state index is -1.09. The maximum absolute atomic E-state index is 11.2. The lowest BCUT2D eigenvalue weighted by atomic mass is 10.3. The number of anilines is 2. The summed E-state index contributed by atoms with van der Waals surface area (Å²) in [5.74, 6) is 0.349. The van der Waals surface area contributed by atoms with Gasteiger partial charge in [-0.3, -0.25) is 0 Å². The van der Waals surface area contributed by atoms with Crippen molar-refractivity contribution in [3.8, 4) is 0 Å². The fourth-order valence-electron chi connectivity index (χ4n) is 1.42. The number of carboxylic acid groups (broad SMARTS) is 1. The van der Waals surface area contributed by atoms with Crippen LogP contribution in [0.25, 0.3) is 0 Å². The Balaban J connectivity index is 2.43. The molecule has 1 amide bonds. The molecule has 0 saturated heterocycles. The summed E-state index contributed by atoms with van der Waals surface area (Å²) >= 11 is 5.76. The third-order valence-electron chi connectivity index (χ3n) is 2.15. The van der Waals surface area contributed by atoms with Gasteiger partial charge in [-0.05, 0) is 36.4 Å². The highest BCUT2D eigenvalue weighted by Gasteiger charge is 2.17. The second-order valence-corrected chi connectivity index (χ2v) is 3.72. The highest BCUT2D eigenvalue weighted by molar-refractivity contribution is 6.30. The van der Waals surface area contributed by atoms with Gasteiger partial charge < -0.3 is 5.11 Å². The lowest BCUT2D eigenvalue weighted by Gasteiger charge is -2.17. The molecule has 2 rings (SSSR count). The molecule has 0 bridgehead atoms. The number of pyridine rings is 1. The van der Waals surface area contributed by atoms with E-state index in [4.69, 9.17) is 11.6 Å². The first kappa shape index (κ1) is 11.4. The molecule has 0 radical (unpaired) electrons. The van der Waals surface area contributed by atoms with Gasteiger partial charge in [0.2, 0.25) is 0 Å². The number of hydrogen-bond donors (Lipinski definition) is 1. The molecule has 2 aromatic rings. The zero-order chi connectivity index (χ0) is 12.3. The number of nitrogens with zero attached hydrogens (tertiary/aromatic N) is 2. The van der Waals surface area contributed by atoms with E-state index >= 15 is 0 Å². The van der Waals surface area contributed by atoms with Crippen LogP contribution in [0.5, 0.6) is 0 Å². The maximum atomic E-state index is 11.2. The summed E-state index contributed by atoms with van der Waals surface area (Å²) in [6, 6.07) is 11.6. The van der Waals surface area contributed by atoms with E-state index in [2.05, 4.69) is 4.98 Å². The van der Waals surface area contributed by atoms with Crippen molar-refractivity contribution in [2.24, 2.45) is 0 Å². The molecular weight excluding hydrogens is 240 g/mol. The molecule has 5 heteroatoms. The lowest BCUT2D eigenvalue weighted by Crippen LogP contribution is -2.24. The molecule has 17 heavy (non-hydrogen) atoms. The number of hydrogen-bond acceptors (Lipinski definition) is 2. The summed E-state index contributed by atoms with van der Waals surface area (Å²) in [5.41, 5.74) is 0.501. The molecule has 0 saturated carbocycles. The fourth-order valence-corrected chi connectivity index (χ4v) is 1.54. The number of halogens is 1. The minimum Gasteiger partial charge on any atom is -0.464 e. The molecule has 0 unspecified atom stereocenters. The van der Waals surface area contributed by atoms with Gasteiger partial charge in [0.15, 0.2) is 0 Å². The maximum Gasteiger partial charge on any atom is 0.417 e. The molecule has 4 nitrogen and oxygen atoms in total. The minimum absolute atomic E-state index is 0.349. The summed E-state index contributed by atoms with van der Waals surface area (Å²) in [6.45, 7) is 0. The second-order valence-electron chi connectivity index (χ2n) is 3.28. The van der Waals surface area contributed by atoms with E-state index in [1.165, 1.54) is 0 Å². The highest BCUT2D eigenvalue weighted by Crippen LogP contribution is 2.24. The molecule has 1 heterocycles. The van der Waals surface area contributed by atoms with Crippen LogP contribution in [-0.2, 0) is 0 Å². The van der Waals surface area contributed by atoms with Gasteiger partial charge in [0.05, 0.1) is 5.69 Å². The summed E-state index contributed by atoms with van der Waals surface area (Å²) in [7, 11) is 0. The first-order chi connectivity index (χ1) is 8.18. The topological polar surface area (TPSA) is 53.4 Å². The van der Waals surface area contributed by atoms with Gasteiger partial charge in [0.1, 0.15) is 5.82 Å². The van der Waals surface area contributed by atoms with Crippen molar-refractivity contribution >= 4 is 29.2 Å². The molecule has 1 N–H and O–H groups in total. The van der Waals surface area contributed by atoms with Crippen LogP contribution >= 0.6 is 11.6 Å². The van der Waals surface area contributed by atoms with Gasteiger partial charge in [-0.25, -0.2) is 14.7 Å². The van der Waals surface area contributed by atoms with Crippen molar-refractivity contribution < 1.29 is 9.90 Å². The van der Waals surface area contributed by atoms with E-state index in [-0.39, 0.29) is 0 Å². The molecule has 1 aromatic heterocycles. The number of rotatable bonds is 2. The Morgan fingerprint density at radius 1 is 1.18 bits per heavy atom. The van der Waals surface area contributed by atoms with E-state index in [1.54, 1.807) is 48.7 Å². The molecule has 0 fully saturated rings. The smallest absolute Gasteiger partial charge is 0.417 e. The summed E-state index contributed by atoms with van der Waals surface area (Å²) in [5, 5.41) is 9.76. The SMILES string of the molecule is O=C(O)N(c1ccc(Cl)cc1)c1ccccn1. The van der Waals surface area contributed by atoms with Crippen molar-refractivity contribution in [2.45, 2.75) is 0 Å². The lowest BCUT2D eigenvalue weighted by molar-refractivity contribution is 0.204. The van der Waals surface area contributed by atoms with Gasteiger partial charge in [0, 0.05) is 11.2 Å². The van der Waals surface area contributed by atoms with Crippen molar-refractivity contribution in [3.05, 3.63) is 53.7 Å². The van der Waals surface area contributed by atoms with Gasteiger partial charge in [-0.1, -0.05) is 17.7 Å². The third-order valence-corrected chi connectivity index (χ3v) is 2.41. The standard InChI is InChI=1S/C12H9ClN2O2/c13-9-4-6-10(7-5-9)15(12(16)17)11-3-1-2-8-14-11/h1-8H,(H,16,17). The van der Waals surface area contributed by atoms with Crippen molar-refractivity contribution in [1.29, 1.82) is 0 Å². The van der Waals surface area contributed by atoms with E-state index < -0.39 is 6.09 Å². The Morgan fingerprint density at radius 3 is 2.41 bits per heavy atom. The second kappa shape index (κ2) is 4.84. The van der Waals surface area contributed by atoms with Crippen molar-refractivity contribution in [3.63, 3.8) is 0 Å². The Morgan fingerprint density at radius 2 is 1.88 bits per heavy atom. The zero-order valence-corrected chi connectivity index (χ0v) is 9.50. The van der Waals surface area contributed by atoms with E-state index in [0.29, 0.717) is 16.5 Å². The number of carbonyl (C=O) groups is 1. The van der Waals surface area contributed by atoms with Crippen molar-refractivity contribution in [2.75, 3.05) is 4.90 Å². The molecule has 0 aliphatic carbocycles. The summed E-state index contributed by atoms with van der Waals surface area (Å²) < 4.78 is 0. The number of amides is 1. The van der Waals surface area contributed by atoms with Crippen molar-refractivity contribution in [1.82, 2.24) is 4.98 Å². The van der Waals surface area contributed by atoms with Crippen LogP contribution in [0, 0.1) is 0 Å². The molecule has 0 aliphatic heterocycles. The van der Waals surface area contributed by atoms with Gasteiger partial charge in [-0.2, -0.15) is 0 Å². The van der Waals surface area contributed by atoms with Gasteiger partial charge >= 0.3 is 6.09 Å². The fraction of sp³-hybridized carbons (Fsp3) is 0. The molecule has 0 atom stereocenters. The monoisotopic (exact) mass is 248 g/mol. The Kier molecular flexibility index (Phi) is 3.25. The van der Waals surface area contributed by atoms with Gasteiger partial charge in [-0.15, -0.1) is 0 Å².